The van der Waals surface area contributed by atoms with Crippen molar-refractivity contribution < 1.29 is 4.79 Å². The first-order valence-electron chi connectivity index (χ1n) is 8.86. The maximum absolute atomic E-state index is 12.1. The minimum absolute atomic E-state index is 0.181. The molecular formula is C21H20BrN5OS. The minimum atomic E-state index is -0.211. The van der Waals surface area contributed by atoms with Crippen LogP contribution in [0.15, 0.2) is 81.5 Å². The van der Waals surface area contributed by atoms with Gasteiger partial charge in [0.15, 0.2) is 11.0 Å². The molecule has 0 spiro atoms. The van der Waals surface area contributed by atoms with Crippen LogP contribution in [-0.4, -0.2) is 32.6 Å². The Balaban J connectivity index is 1.66. The van der Waals surface area contributed by atoms with Crippen molar-refractivity contribution in [2.45, 2.75) is 18.6 Å². The van der Waals surface area contributed by atoms with E-state index in [0.29, 0.717) is 11.7 Å². The number of hydrogen-bond donors (Lipinski definition) is 1. The van der Waals surface area contributed by atoms with Crippen LogP contribution < -0.4 is 5.43 Å². The van der Waals surface area contributed by atoms with Crippen LogP contribution in [-0.2, 0) is 11.3 Å². The van der Waals surface area contributed by atoms with E-state index in [4.69, 9.17) is 0 Å². The van der Waals surface area contributed by atoms with Crippen LogP contribution in [0.2, 0.25) is 0 Å². The van der Waals surface area contributed by atoms with Crippen LogP contribution in [0, 0.1) is 0 Å². The summed E-state index contributed by atoms with van der Waals surface area (Å²) >= 11 is 4.76. The molecule has 6 nitrogen and oxygen atoms in total. The number of hydrazone groups is 1. The van der Waals surface area contributed by atoms with Crippen molar-refractivity contribution in [3.8, 4) is 11.4 Å². The molecule has 0 aliphatic heterocycles. The molecule has 0 saturated heterocycles. The predicted octanol–water partition coefficient (Wildman–Crippen LogP) is 4.53. The first-order chi connectivity index (χ1) is 14.0. The lowest BCUT2D eigenvalue weighted by Gasteiger charge is -2.10. The molecule has 0 unspecified atom stereocenters. The average molecular weight is 470 g/mol. The van der Waals surface area contributed by atoms with Crippen LogP contribution in [0.1, 0.15) is 12.5 Å². The van der Waals surface area contributed by atoms with Crippen molar-refractivity contribution in [1.82, 2.24) is 20.2 Å². The van der Waals surface area contributed by atoms with Crippen molar-refractivity contribution in [3.63, 3.8) is 0 Å². The number of nitrogens with one attached hydrogen (secondary N) is 1. The summed E-state index contributed by atoms with van der Waals surface area (Å²) in [4.78, 5) is 12.1. The highest BCUT2D eigenvalue weighted by Gasteiger charge is 2.15. The molecule has 0 fully saturated rings. The van der Waals surface area contributed by atoms with E-state index in [0.717, 1.165) is 27.0 Å². The van der Waals surface area contributed by atoms with Crippen molar-refractivity contribution >= 4 is 39.8 Å². The number of aromatic nitrogens is 3. The van der Waals surface area contributed by atoms with Gasteiger partial charge >= 0.3 is 0 Å². The molecule has 1 heterocycles. The highest BCUT2D eigenvalue weighted by molar-refractivity contribution is 9.10. The predicted molar refractivity (Wildman–Crippen MR) is 121 cm³/mol. The van der Waals surface area contributed by atoms with Crippen molar-refractivity contribution in [2.24, 2.45) is 5.10 Å². The zero-order valence-electron chi connectivity index (χ0n) is 15.9. The standard InChI is InChI=1S/C21H20BrN5OS/c1-15(2)13-27-20(17-8-10-18(22)11-9-17)25-26-21(27)29-14-19(28)24-23-12-16-6-4-3-5-7-16/h3-12H,1,13-14H2,2H3,(H,24,28)/b23-12+. The summed E-state index contributed by atoms with van der Waals surface area (Å²) in [5, 5.41) is 13.2. The fraction of sp³-hybridized carbons (Fsp3) is 0.143. The second-order valence-corrected chi connectivity index (χ2v) is 8.21. The van der Waals surface area contributed by atoms with Gasteiger partial charge in [0.2, 0.25) is 0 Å². The lowest BCUT2D eigenvalue weighted by molar-refractivity contribution is -0.118. The summed E-state index contributed by atoms with van der Waals surface area (Å²) in [7, 11) is 0. The fourth-order valence-corrected chi connectivity index (χ4v) is 3.50. The summed E-state index contributed by atoms with van der Waals surface area (Å²) in [5.41, 5.74) is 5.38. The number of carbonyl (C=O) groups excluding carboxylic acids is 1. The Morgan fingerprint density at radius 2 is 1.93 bits per heavy atom. The number of thioether (sulfide) groups is 1. The van der Waals surface area contributed by atoms with Crippen molar-refractivity contribution in [2.75, 3.05) is 5.75 Å². The molecule has 0 aliphatic rings. The molecule has 0 bridgehead atoms. The van der Waals surface area contributed by atoms with Crippen LogP contribution in [0.5, 0.6) is 0 Å². The number of nitrogens with zero attached hydrogens (tertiary/aromatic N) is 4. The Morgan fingerprint density at radius 1 is 1.21 bits per heavy atom. The van der Waals surface area contributed by atoms with E-state index in [9.17, 15) is 4.79 Å². The number of benzene rings is 2. The fourth-order valence-electron chi connectivity index (χ4n) is 2.50. The molecule has 3 rings (SSSR count). The third-order valence-electron chi connectivity index (χ3n) is 3.78. The lowest BCUT2D eigenvalue weighted by atomic mass is 10.2. The molecule has 8 heteroatoms. The number of amides is 1. The van der Waals surface area contributed by atoms with Crippen molar-refractivity contribution in [3.05, 3.63) is 76.8 Å². The zero-order chi connectivity index (χ0) is 20.6. The molecule has 3 aromatic rings. The average Bonchev–Trinajstić information content (AvgIpc) is 3.09. The molecule has 1 aromatic heterocycles. The molecule has 148 valence electrons. The van der Waals surface area contributed by atoms with Gasteiger partial charge in [-0.15, -0.1) is 10.2 Å². The molecule has 0 saturated carbocycles. The van der Waals surface area contributed by atoms with Gasteiger partial charge in [-0.1, -0.05) is 82.3 Å². The number of hydrogen-bond acceptors (Lipinski definition) is 5. The van der Waals surface area contributed by atoms with Gasteiger partial charge in [-0.05, 0) is 24.6 Å². The quantitative estimate of drug-likeness (QED) is 0.227. The zero-order valence-corrected chi connectivity index (χ0v) is 18.3. The maximum Gasteiger partial charge on any atom is 0.250 e. The monoisotopic (exact) mass is 469 g/mol. The summed E-state index contributed by atoms with van der Waals surface area (Å²) in [6.45, 7) is 6.52. The second kappa shape index (κ2) is 10.2. The maximum atomic E-state index is 12.1. The van der Waals surface area contributed by atoms with E-state index < -0.39 is 0 Å². The Hall–Kier alpha value is -2.71. The molecule has 29 heavy (non-hydrogen) atoms. The van der Waals surface area contributed by atoms with E-state index in [1.807, 2.05) is 66.1 Å². The van der Waals surface area contributed by atoms with E-state index in [1.165, 1.54) is 11.8 Å². The Bertz CT molecular complexity index is 1020. The molecule has 0 radical (unpaired) electrons. The lowest BCUT2D eigenvalue weighted by Crippen LogP contribution is -2.20. The third-order valence-corrected chi connectivity index (χ3v) is 5.28. The van der Waals surface area contributed by atoms with Gasteiger partial charge in [0, 0.05) is 16.6 Å². The van der Waals surface area contributed by atoms with Crippen LogP contribution in [0.3, 0.4) is 0 Å². The van der Waals surface area contributed by atoms with E-state index >= 15 is 0 Å². The van der Waals surface area contributed by atoms with Crippen LogP contribution in [0.25, 0.3) is 11.4 Å². The molecule has 2 aromatic carbocycles. The van der Waals surface area contributed by atoms with Gasteiger partial charge in [-0.2, -0.15) is 5.10 Å². The SMILES string of the molecule is C=C(C)Cn1c(SCC(=O)N/N=C/c2ccccc2)nnc1-c1ccc(Br)cc1. The third kappa shape index (κ3) is 6.13. The van der Waals surface area contributed by atoms with E-state index in [1.54, 1.807) is 6.21 Å². The Kier molecular flexibility index (Phi) is 7.37. The summed E-state index contributed by atoms with van der Waals surface area (Å²) in [6, 6.07) is 17.4. The summed E-state index contributed by atoms with van der Waals surface area (Å²) in [5.74, 6) is 0.712. The molecule has 1 N–H and O–H groups in total. The van der Waals surface area contributed by atoms with Gasteiger partial charge in [-0.3, -0.25) is 9.36 Å². The smallest absolute Gasteiger partial charge is 0.250 e. The van der Waals surface area contributed by atoms with E-state index in [2.05, 4.69) is 43.2 Å². The number of rotatable bonds is 8. The summed E-state index contributed by atoms with van der Waals surface area (Å²) < 4.78 is 2.96. The van der Waals surface area contributed by atoms with E-state index in [-0.39, 0.29) is 11.7 Å². The highest BCUT2D eigenvalue weighted by atomic mass is 79.9. The topological polar surface area (TPSA) is 72.2 Å². The highest BCUT2D eigenvalue weighted by Crippen LogP contribution is 2.26. The van der Waals surface area contributed by atoms with Crippen LogP contribution >= 0.6 is 27.7 Å². The van der Waals surface area contributed by atoms with Gasteiger partial charge < -0.3 is 0 Å². The van der Waals surface area contributed by atoms with Gasteiger partial charge in [0.25, 0.3) is 5.91 Å². The summed E-state index contributed by atoms with van der Waals surface area (Å²) in [6.07, 6.45) is 1.61. The number of carbonyl (C=O) groups is 1. The second-order valence-electron chi connectivity index (χ2n) is 6.35. The first-order valence-corrected chi connectivity index (χ1v) is 10.6. The Morgan fingerprint density at radius 3 is 2.62 bits per heavy atom. The normalized spacial score (nSPS) is 11.0. The first kappa shape index (κ1) is 21.0. The molecular weight excluding hydrogens is 450 g/mol. The minimum Gasteiger partial charge on any atom is -0.298 e. The van der Waals surface area contributed by atoms with Crippen LogP contribution in [0.4, 0.5) is 0 Å². The molecule has 0 atom stereocenters. The largest absolute Gasteiger partial charge is 0.298 e. The van der Waals surface area contributed by atoms with Crippen molar-refractivity contribution in [1.29, 1.82) is 0 Å². The molecule has 1 amide bonds. The van der Waals surface area contributed by atoms with Gasteiger partial charge in [0.1, 0.15) is 0 Å². The van der Waals surface area contributed by atoms with Gasteiger partial charge in [-0.25, -0.2) is 5.43 Å². The Labute approximate surface area is 182 Å². The number of halogens is 1. The van der Waals surface area contributed by atoms with Gasteiger partial charge in [0.05, 0.1) is 12.0 Å². The molecule has 0 aliphatic carbocycles. The number of allylic oxidation sites excluding steroid dienone is 1.